The monoisotopic (exact) mass is 533 g/mol. The van der Waals surface area contributed by atoms with Gasteiger partial charge in [-0.3, -0.25) is 14.4 Å². The number of hydrogen-bond acceptors (Lipinski definition) is 8. The van der Waals surface area contributed by atoms with E-state index in [9.17, 15) is 14.4 Å². The zero-order valence-electron chi connectivity index (χ0n) is 23.0. The van der Waals surface area contributed by atoms with Crippen LogP contribution in [0.3, 0.4) is 0 Å². The Hall–Kier alpha value is -1.75. The van der Waals surface area contributed by atoms with Crippen LogP contribution in [-0.4, -0.2) is 89.0 Å². The molecule has 0 saturated carbocycles. The van der Waals surface area contributed by atoms with E-state index in [1.54, 1.807) is 0 Å². The van der Waals surface area contributed by atoms with E-state index in [0.717, 1.165) is 12.8 Å². The molecule has 0 fully saturated rings. The average Bonchev–Trinajstić information content (AvgIpc) is 2.88. The van der Waals surface area contributed by atoms with Gasteiger partial charge in [-0.25, -0.2) is 0 Å². The van der Waals surface area contributed by atoms with Crippen LogP contribution in [-0.2, 0) is 38.1 Å². The SMILES string of the molecule is CCCCCCCCCCCC(=O)OCCOCCOCCOCCOCCCNC(=O)CCC(=O)O. The van der Waals surface area contributed by atoms with Gasteiger partial charge in [-0.05, 0) is 12.8 Å². The van der Waals surface area contributed by atoms with Gasteiger partial charge in [-0.1, -0.05) is 58.3 Å². The van der Waals surface area contributed by atoms with E-state index in [2.05, 4.69) is 12.2 Å². The maximum absolute atomic E-state index is 11.7. The van der Waals surface area contributed by atoms with Crippen LogP contribution in [0, 0.1) is 0 Å². The van der Waals surface area contributed by atoms with E-state index in [4.69, 9.17) is 28.8 Å². The number of carboxylic acids is 1. The topological polar surface area (TPSA) is 130 Å². The predicted molar refractivity (Wildman–Crippen MR) is 141 cm³/mol. The number of esters is 1. The molecule has 0 aromatic heterocycles. The number of rotatable bonds is 29. The molecule has 37 heavy (non-hydrogen) atoms. The van der Waals surface area contributed by atoms with Gasteiger partial charge in [0.15, 0.2) is 0 Å². The number of carbonyl (C=O) groups is 3. The number of hydrogen-bond donors (Lipinski definition) is 2. The van der Waals surface area contributed by atoms with Gasteiger partial charge in [-0.15, -0.1) is 0 Å². The molecule has 0 atom stereocenters. The van der Waals surface area contributed by atoms with Gasteiger partial charge in [-0.2, -0.15) is 0 Å². The third-order valence-electron chi connectivity index (χ3n) is 5.44. The second-order valence-corrected chi connectivity index (χ2v) is 8.85. The van der Waals surface area contributed by atoms with Crippen LogP contribution in [0.1, 0.15) is 90.4 Å². The predicted octanol–water partition coefficient (Wildman–Crippen LogP) is 3.89. The molecule has 0 spiro atoms. The highest BCUT2D eigenvalue weighted by atomic mass is 16.6. The molecule has 0 saturated heterocycles. The minimum atomic E-state index is -0.980. The van der Waals surface area contributed by atoms with E-state index < -0.39 is 5.97 Å². The normalized spacial score (nSPS) is 10.9. The summed E-state index contributed by atoms with van der Waals surface area (Å²) in [4.78, 5) is 33.4. The van der Waals surface area contributed by atoms with Gasteiger partial charge in [0, 0.05) is 26.0 Å². The Morgan fingerprint density at radius 3 is 1.59 bits per heavy atom. The van der Waals surface area contributed by atoms with E-state index in [1.165, 1.54) is 44.9 Å². The molecule has 0 bridgehead atoms. The molecule has 218 valence electrons. The summed E-state index contributed by atoms with van der Waals surface area (Å²) in [5.74, 6) is -1.39. The summed E-state index contributed by atoms with van der Waals surface area (Å²) in [6.45, 7) is 6.52. The summed E-state index contributed by atoms with van der Waals surface area (Å²) in [6, 6.07) is 0. The van der Waals surface area contributed by atoms with Crippen LogP contribution in [0.15, 0.2) is 0 Å². The zero-order chi connectivity index (χ0) is 27.2. The van der Waals surface area contributed by atoms with E-state index in [0.29, 0.717) is 72.2 Å². The van der Waals surface area contributed by atoms with Crippen molar-refractivity contribution in [1.29, 1.82) is 0 Å². The van der Waals surface area contributed by atoms with Crippen molar-refractivity contribution in [3.05, 3.63) is 0 Å². The lowest BCUT2D eigenvalue weighted by atomic mass is 10.1. The van der Waals surface area contributed by atoms with E-state index in [1.807, 2.05) is 0 Å². The van der Waals surface area contributed by atoms with Crippen LogP contribution in [0.25, 0.3) is 0 Å². The summed E-state index contributed by atoms with van der Waals surface area (Å²) in [7, 11) is 0. The van der Waals surface area contributed by atoms with Gasteiger partial charge < -0.3 is 34.1 Å². The van der Waals surface area contributed by atoms with Crippen LogP contribution >= 0.6 is 0 Å². The molecule has 0 radical (unpaired) electrons. The number of unbranched alkanes of at least 4 members (excludes halogenated alkanes) is 8. The number of carboxylic acid groups (broad SMARTS) is 1. The first-order valence-electron chi connectivity index (χ1n) is 14.0. The quantitative estimate of drug-likeness (QED) is 0.109. The standard InChI is InChI=1S/C27H51NO9/c1-2-3-4-5-6-7-8-9-10-12-27(32)37-24-23-36-22-21-35-20-19-34-18-17-33-16-11-15-28-25(29)13-14-26(30)31/h2-24H2,1H3,(H,28,29)(H,30,31). The molecule has 10 nitrogen and oxygen atoms in total. The minimum absolute atomic E-state index is 0.00682. The van der Waals surface area contributed by atoms with Crippen molar-refractivity contribution in [2.24, 2.45) is 0 Å². The Bertz CT molecular complexity index is 546. The molecule has 2 N–H and O–H groups in total. The highest BCUT2D eigenvalue weighted by Gasteiger charge is 2.04. The van der Waals surface area contributed by atoms with Crippen LogP contribution in [0.2, 0.25) is 0 Å². The van der Waals surface area contributed by atoms with Crippen LogP contribution < -0.4 is 5.32 Å². The molecule has 0 unspecified atom stereocenters. The molecule has 0 aliphatic carbocycles. The Morgan fingerprint density at radius 1 is 0.568 bits per heavy atom. The summed E-state index contributed by atoms with van der Waals surface area (Å²) >= 11 is 0. The highest BCUT2D eigenvalue weighted by Crippen LogP contribution is 2.10. The fraction of sp³-hybridized carbons (Fsp3) is 0.889. The molecule has 0 rings (SSSR count). The van der Waals surface area contributed by atoms with Gasteiger partial charge in [0.2, 0.25) is 5.91 Å². The Kier molecular flexibility index (Phi) is 27.5. The van der Waals surface area contributed by atoms with Gasteiger partial charge in [0.1, 0.15) is 6.61 Å². The molecule has 0 heterocycles. The summed E-state index contributed by atoms with van der Waals surface area (Å²) in [5.41, 5.74) is 0. The first-order valence-corrected chi connectivity index (χ1v) is 14.0. The van der Waals surface area contributed by atoms with Crippen molar-refractivity contribution in [2.75, 3.05) is 66.0 Å². The highest BCUT2D eigenvalue weighted by molar-refractivity contribution is 5.80. The number of aliphatic carboxylic acids is 1. The number of amides is 1. The third kappa shape index (κ3) is 30.4. The molecular formula is C27H51NO9. The number of nitrogens with one attached hydrogen (secondary N) is 1. The van der Waals surface area contributed by atoms with Crippen molar-refractivity contribution in [3.63, 3.8) is 0 Å². The van der Waals surface area contributed by atoms with Gasteiger partial charge in [0.25, 0.3) is 0 Å². The van der Waals surface area contributed by atoms with Gasteiger partial charge >= 0.3 is 11.9 Å². The lowest BCUT2D eigenvalue weighted by Gasteiger charge is -2.08. The molecule has 10 heteroatoms. The fourth-order valence-corrected chi connectivity index (χ4v) is 3.34. The summed E-state index contributed by atoms with van der Waals surface area (Å²) < 4.78 is 26.8. The maximum atomic E-state index is 11.7. The first kappa shape index (κ1) is 35.2. The summed E-state index contributed by atoms with van der Waals surface area (Å²) in [6.07, 6.45) is 12.0. The zero-order valence-corrected chi connectivity index (χ0v) is 23.0. The van der Waals surface area contributed by atoms with Gasteiger partial charge in [0.05, 0.1) is 52.7 Å². The number of ether oxygens (including phenoxy) is 5. The van der Waals surface area contributed by atoms with Crippen molar-refractivity contribution >= 4 is 17.8 Å². The Balaban J connectivity index is 3.19. The second kappa shape index (κ2) is 28.8. The largest absolute Gasteiger partial charge is 0.481 e. The average molecular weight is 534 g/mol. The Labute approximate surface area is 223 Å². The van der Waals surface area contributed by atoms with Crippen LogP contribution in [0.5, 0.6) is 0 Å². The maximum Gasteiger partial charge on any atom is 0.305 e. The summed E-state index contributed by atoms with van der Waals surface area (Å²) in [5, 5.41) is 11.2. The van der Waals surface area contributed by atoms with Crippen LogP contribution in [0.4, 0.5) is 0 Å². The van der Waals surface area contributed by atoms with E-state index in [-0.39, 0.29) is 31.3 Å². The molecule has 1 amide bonds. The molecule has 0 aromatic rings. The molecule has 0 aliphatic heterocycles. The first-order chi connectivity index (χ1) is 18.1. The number of carbonyl (C=O) groups excluding carboxylic acids is 2. The lowest BCUT2D eigenvalue weighted by Crippen LogP contribution is -2.25. The minimum Gasteiger partial charge on any atom is -0.481 e. The molecule has 0 aliphatic rings. The van der Waals surface area contributed by atoms with E-state index >= 15 is 0 Å². The third-order valence-corrected chi connectivity index (χ3v) is 5.44. The van der Waals surface area contributed by atoms with Crippen molar-refractivity contribution in [1.82, 2.24) is 5.32 Å². The molecular weight excluding hydrogens is 482 g/mol. The van der Waals surface area contributed by atoms with Crippen molar-refractivity contribution in [2.45, 2.75) is 90.4 Å². The Morgan fingerprint density at radius 2 is 1.05 bits per heavy atom. The fourth-order valence-electron chi connectivity index (χ4n) is 3.34. The lowest BCUT2D eigenvalue weighted by molar-refractivity contribution is -0.145. The second-order valence-electron chi connectivity index (χ2n) is 8.85. The molecule has 0 aromatic carbocycles. The van der Waals surface area contributed by atoms with Crippen molar-refractivity contribution < 1.29 is 43.2 Å². The smallest absolute Gasteiger partial charge is 0.305 e. The van der Waals surface area contributed by atoms with Crippen molar-refractivity contribution in [3.8, 4) is 0 Å².